The molecule has 2 aromatic rings. The lowest BCUT2D eigenvalue weighted by atomic mass is 9.95. The van der Waals surface area contributed by atoms with Crippen LogP contribution in [0.25, 0.3) is 11.1 Å². The number of allylic oxidation sites excluding steroid dienone is 2. The van der Waals surface area contributed by atoms with E-state index in [1.54, 1.807) is 4.52 Å². The molecule has 0 aromatic carbocycles. The number of hydrogen-bond donors (Lipinski definition) is 1. The molecule has 2 aromatic heterocycles. The van der Waals surface area contributed by atoms with Crippen molar-refractivity contribution in [1.82, 2.24) is 14.6 Å². The van der Waals surface area contributed by atoms with Gasteiger partial charge >= 0.3 is 0 Å². The van der Waals surface area contributed by atoms with E-state index in [0.29, 0.717) is 24.3 Å². The topological polar surface area (TPSA) is 76.4 Å². The first-order valence-electron chi connectivity index (χ1n) is 9.11. The van der Waals surface area contributed by atoms with Crippen LogP contribution in [-0.2, 0) is 9.84 Å². The molecular weight excluding hydrogens is 355 g/mol. The maximum Gasteiger partial charge on any atom is 0.241 e. The normalized spacial score (nSPS) is 24.0. The minimum absolute atomic E-state index is 0.139. The van der Waals surface area contributed by atoms with Gasteiger partial charge in [0.1, 0.15) is 15.4 Å². The third-order valence-corrected chi connectivity index (χ3v) is 7.13. The molecule has 0 saturated heterocycles. The van der Waals surface area contributed by atoms with Gasteiger partial charge in [-0.25, -0.2) is 22.3 Å². The van der Waals surface area contributed by atoms with E-state index in [4.69, 9.17) is 0 Å². The van der Waals surface area contributed by atoms with Crippen molar-refractivity contribution in [3.05, 3.63) is 29.9 Å². The van der Waals surface area contributed by atoms with E-state index < -0.39 is 9.84 Å². The predicted octanol–water partition coefficient (Wildman–Crippen LogP) is 3.20. The van der Waals surface area contributed by atoms with Crippen LogP contribution in [0.4, 0.5) is 10.3 Å². The number of fused-ring (bicyclic) bond motifs is 1. The van der Waals surface area contributed by atoms with Crippen molar-refractivity contribution in [2.45, 2.75) is 56.2 Å². The first-order valence-corrected chi connectivity index (χ1v) is 11.1. The Labute approximate surface area is 152 Å². The molecule has 0 radical (unpaired) electrons. The summed E-state index contributed by atoms with van der Waals surface area (Å²) < 4.78 is 39.2. The van der Waals surface area contributed by atoms with Gasteiger partial charge in [0.25, 0.3) is 0 Å². The van der Waals surface area contributed by atoms with Gasteiger partial charge in [-0.05, 0) is 50.5 Å². The minimum Gasteiger partial charge on any atom is -0.350 e. The van der Waals surface area contributed by atoms with E-state index in [2.05, 4.69) is 21.5 Å². The molecule has 2 aliphatic rings. The molecule has 1 saturated carbocycles. The first kappa shape index (κ1) is 17.5. The number of aromatic nitrogens is 3. The predicted molar refractivity (Wildman–Crippen MR) is 99.3 cm³/mol. The lowest BCUT2D eigenvalue weighted by Crippen LogP contribution is -2.32. The van der Waals surface area contributed by atoms with Crippen molar-refractivity contribution >= 4 is 26.9 Å². The molecule has 0 unspecified atom stereocenters. The summed E-state index contributed by atoms with van der Waals surface area (Å²) in [6.45, 7) is 0. The number of nitrogens with zero attached hydrogens (tertiary/aromatic N) is 3. The number of anilines is 1. The van der Waals surface area contributed by atoms with Crippen molar-refractivity contribution in [2.24, 2.45) is 0 Å². The van der Waals surface area contributed by atoms with Crippen LogP contribution in [0.15, 0.2) is 18.3 Å². The van der Waals surface area contributed by atoms with Crippen LogP contribution in [0, 0.1) is 5.82 Å². The van der Waals surface area contributed by atoms with Gasteiger partial charge < -0.3 is 5.32 Å². The van der Waals surface area contributed by atoms with Crippen molar-refractivity contribution < 1.29 is 12.8 Å². The maximum atomic E-state index is 14.2. The average Bonchev–Trinajstić information content (AvgIpc) is 3.23. The van der Waals surface area contributed by atoms with E-state index in [1.165, 1.54) is 18.5 Å². The van der Waals surface area contributed by atoms with Gasteiger partial charge in [-0.15, -0.1) is 5.10 Å². The molecule has 8 heteroatoms. The van der Waals surface area contributed by atoms with E-state index in [1.807, 2.05) is 0 Å². The summed E-state index contributed by atoms with van der Waals surface area (Å²) in [6, 6.07) is 1.67. The Balaban J connectivity index is 1.54. The Hall–Kier alpha value is -1.96. The lowest BCUT2D eigenvalue weighted by molar-refractivity contribution is 0.451. The average molecular weight is 378 g/mol. The maximum absolute atomic E-state index is 14.2. The van der Waals surface area contributed by atoms with Crippen molar-refractivity contribution in [3.8, 4) is 0 Å². The Morgan fingerprint density at radius 3 is 2.69 bits per heavy atom. The zero-order chi connectivity index (χ0) is 18.3. The molecule has 4 rings (SSSR count). The summed E-state index contributed by atoms with van der Waals surface area (Å²) in [7, 11) is -2.97. The summed E-state index contributed by atoms with van der Waals surface area (Å²) in [5, 5.41) is 7.54. The van der Waals surface area contributed by atoms with Gasteiger partial charge in [-0.3, -0.25) is 0 Å². The van der Waals surface area contributed by atoms with Crippen LogP contribution in [0.3, 0.4) is 0 Å². The largest absolute Gasteiger partial charge is 0.350 e. The molecule has 0 aliphatic heterocycles. The molecule has 0 bridgehead atoms. The van der Waals surface area contributed by atoms with E-state index in [9.17, 15) is 12.8 Å². The zero-order valence-electron chi connectivity index (χ0n) is 14.8. The Morgan fingerprint density at radius 2 is 2.04 bits per heavy atom. The number of sulfone groups is 1. The highest BCUT2D eigenvalue weighted by Gasteiger charge is 2.28. The van der Waals surface area contributed by atoms with Crippen LogP contribution in [0.2, 0.25) is 0 Å². The smallest absolute Gasteiger partial charge is 0.241 e. The fraction of sp³-hybridized carbons (Fsp3) is 0.556. The quantitative estimate of drug-likeness (QED) is 0.884. The van der Waals surface area contributed by atoms with Gasteiger partial charge in [0.2, 0.25) is 5.95 Å². The van der Waals surface area contributed by atoms with E-state index >= 15 is 0 Å². The summed E-state index contributed by atoms with van der Waals surface area (Å²) >= 11 is 0. The molecule has 0 spiro atoms. The Morgan fingerprint density at radius 1 is 1.27 bits per heavy atom. The Kier molecular flexibility index (Phi) is 4.46. The van der Waals surface area contributed by atoms with Crippen LogP contribution in [0.1, 0.15) is 50.6 Å². The summed E-state index contributed by atoms with van der Waals surface area (Å²) in [5.41, 5.74) is 2.29. The third-order valence-electron chi connectivity index (χ3n) is 5.45. The fourth-order valence-corrected chi connectivity index (χ4v) is 5.10. The summed E-state index contributed by atoms with van der Waals surface area (Å²) in [4.78, 5) is 4.25. The number of hydrogen-bond acceptors (Lipinski definition) is 5. The number of halogens is 1. The molecule has 1 N–H and O–H groups in total. The minimum atomic E-state index is -2.97. The van der Waals surface area contributed by atoms with Crippen LogP contribution in [-0.4, -0.2) is 40.6 Å². The standard InChI is InChI=1S/C18H23FN4O2S/c1-26(24,25)14-8-6-13(7-9-14)21-18-20-11-17-15(19)10-16(23(17)22-18)12-4-2-3-5-12/h4,10-11,13-14H,2-3,5-9H2,1H3,(H,21,22). The highest BCUT2D eigenvalue weighted by molar-refractivity contribution is 7.91. The zero-order valence-corrected chi connectivity index (χ0v) is 15.6. The van der Waals surface area contributed by atoms with Gasteiger partial charge in [0.15, 0.2) is 5.82 Å². The second kappa shape index (κ2) is 6.64. The van der Waals surface area contributed by atoms with Crippen LogP contribution in [0.5, 0.6) is 0 Å². The Bertz CT molecular complexity index is 959. The number of rotatable bonds is 4. The molecule has 26 heavy (non-hydrogen) atoms. The summed E-state index contributed by atoms with van der Waals surface area (Å²) in [5.74, 6) is 0.142. The molecule has 2 aliphatic carbocycles. The molecule has 1 fully saturated rings. The summed E-state index contributed by atoms with van der Waals surface area (Å²) in [6.07, 6.45) is 10.8. The SMILES string of the molecule is CS(=O)(=O)C1CCC(Nc2ncc3c(F)cc(C4=CCCC4)n3n2)CC1. The van der Waals surface area contributed by atoms with Crippen LogP contribution >= 0.6 is 0 Å². The molecular formula is C18H23FN4O2S. The molecule has 0 atom stereocenters. The highest BCUT2D eigenvalue weighted by atomic mass is 32.2. The van der Waals surface area contributed by atoms with Crippen molar-refractivity contribution in [3.63, 3.8) is 0 Å². The fourth-order valence-electron chi connectivity index (χ4n) is 3.97. The van der Waals surface area contributed by atoms with Crippen molar-refractivity contribution in [2.75, 3.05) is 11.6 Å². The first-order chi connectivity index (χ1) is 12.4. The van der Waals surface area contributed by atoms with E-state index in [-0.39, 0.29) is 17.1 Å². The van der Waals surface area contributed by atoms with Gasteiger partial charge in [0, 0.05) is 18.4 Å². The molecule has 6 nitrogen and oxygen atoms in total. The second-order valence-electron chi connectivity index (χ2n) is 7.33. The molecule has 0 amide bonds. The highest BCUT2D eigenvalue weighted by Crippen LogP contribution is 2.30. The van der Waals surface area contributed by atoms with Gasteiger partial charge in [0.05, 0.1) is 17.1 Å². The van der Waals surface area contributed by atoms with Crippen molar-refractivity contribution in [1.29, 1.82) is 0 Å². The van der Waals surface area contributed by atoms with Gasteiger partial charge in [-0.2, -0.15) is 0 Å². The van der Waals surface area contributed by atoms with Crippen LogP contribution < -0.4 is 5.32 Å². The molecule has 2 heterocycles. The van der Waals surface area contributed by atoms with E-state index in [0.717, 1.165) is 43.4 Å². The van der Waals surface area contributed by atoms with Gasteiger partial charge in [-0.1, -0.05) is 6.08 Å². The molecule has 140 valence electrons. The third kappa shape index (κ3) is 3.34. The monoisotopic (exact) mass is 378 g/mol. The lowest BCUT2D eigenvalue weighted by Gasteiger charge is -2.27. The number of nitrogens with one attached hydrogen (secondary N) is 1. The second-order valence-corrected chi connectivity index (χ2v) is 9.65.